The van der Waals surface area contributed by atoms with Crippen molar-refractivity contribution in [3.8, 4) is 0 Å². The Morgan fingerprint density at radius 3 is 1.63 bits per heavy atom. The number of hydrogen-bond acceptors (Lipinski definition) is 12. The Labute approximate surface area is 349 Å². The second kappa shape index (κ2) is 20.3. The number of methoxy groups -OCH3 is 1. The van der Waals surface area contributed by atoms with Gasteiger partial charge in [-0.05, 0) is 41.0 Å². The summed E-state index contributed by atoms with van der Waals surface area (Å²) in [6, 6.07) is 46.6. The lowest BCUT2D eigenvalue weighted by molar-refractivity contribution is -0.342. The van der Waals surface area contributed by atoms with Crippen LogP contribution in [0.5, 0.6) is 0 Å². The van der Waals surface area contributed by atoms with E-state index in [1.54, 1.807) is 67.8 Å². The molecule has 3 aliphatic heterocycles. The highest BCUT2D eigenvalue weighted by Crippen LogP contribution is 2.44. The molecule has 0 spiro atoms. The number of hydrogen-bond donors (Lipinski definition) is 0. The molecule has 5 aromatic carbocycles. The first-order valence-corrected chi connectivity index (χ1v) is 20.1. The van der Waals surface area contributed by atoms with E-state index in [2.05, 4.69) is 0 Å². The van der Waals surface area contributed by atoms with Crippen LogP contribution >= 0.6 is 0 Å². The van der Waals surface area contributed by atoms with Gasteiger partial charge in [-0.3, -0.25) is 0 Å². The van der Waals surface area contributed by atoms with Crippen LogP contribution in [0.2, 0.25) is 0 Å². The van der Waals surface area contributed by atoms with Crippen LogP contribution in [-0.4, -0.2) is 93.7 Å². The number of fused-ring (bicyclic) bond motifs is 1. The van der Waals surface area contributed by atoms with Crippen molar-refractivity contribution in [2.24, 2.45) is 0 Å². The number of benzene rings is 5. The normalized spacial score (nSPS) is 26.1. The molecular weight excluding hydrogens is 769 g/mol. The summed E-state index contributed by atoms with van der Waals surface area (Å²) in [5.41, 5.74) is 3.60. The summed E-state index contributed by atoms with van der Waals surface area (Å²) in [6.07, 6.45) is -7.76. The Bertz CT molecular complexity index is 2070. The fraction of sp³-hybridized carbons (Fsp3) is 0.333. The minimum atomic E-state index is -1.04. The molecule has 0 aromatic heterocycles. The highest BCUT2D eigenvalue weighted by atomic mass is 16.8. The van der Waals surface area contributed by atoms with E-state index >= 15 is 0 Å². The summed E-state index contributed by atoms with van der Waals surface area (Å²) < 4.78 is 63.5. The summed E-state index contributed by atoms with van der Waals surface area (Å²) in [6.45, 7) is 0.667. The van der Waals surface area contributed by atoms with Crippen molar-refractivity contribution in [3.05, 3.63) is 179 Å². The summed E-state index contributed by atoms with van der Waals surface area (Å²) in [7, 11) is 1.57. The van der Waals surface area contributed by atoms with Crippen LogP contribution < -0.4 is 0 Å². The van der Waals surface area contributed by atoms with E-state index in [9.17, 15) is 9.59 Å². The molecular formula is C48H48O12. The first-order chi connectivity index (χ1) is 29.5. The average Bonchev–Trinajstić information content (AvgIpc) is 4.03. The number of epoxide rings is 1. The lowest BCUT2D eigenvalue weighted by Crippen LogP contribution is -2.62. The third-order valence-corrected chi connectivity index (χ3v) is 10.5. The number of rotatable bonds is 19. The van der Waals surface area contributed by atoms with Crippen molar-refractivity contribution >= 4 is 11.9 Å². The van der Waals surface area contributed by atoms with E-state index in [1.165, 1.54) is 0 Å². The molecule has 0 saturated carbocycles. The van der Waals surface area contributed by atoms with Gasteiger partial charge in [0, 0.05) is 7.11 Å². The summed E-state index contributed by atoms with van der Waals surface area (Å²) in [5, 5.41) is 0. The van der Waals surface area contributed by atoms with Crippen molar-refractivity contribution in [1.29, 1.82) is 0 Å². The highest BCUT2D eigenvalue weighted by Gasteiger charge is 2.63. The van der Waals surface area contributed by atoms with E-state index in [0.29, 0.717) is 17.7 Å². The van der Waals surface area contributed by atoms with Crippen molar-refractivity contribution in [2.75, 3.05) is 20.3 Å². The van der Waals surface area contributed by atoms with Gasteiger partial charge in [0.25, 0.3) is 0 Å². The van der Waals surface area contributed by atoms with E-state index < -0.39 is 73.4 Å². The van der Waals surface area contributed by atoms with Gasteiger partial charge in [-0.2, -0.15) is 0 Å². The molecule has 60 heavy (non-hydrogen) atoms. The molecule has 3 fully saturated rings. The Kier molecular flexibility index (Phi) is 14.0. The van der Waals surface area contributed by atoms with E-state index in [4.69, 9.17) is 47.4 Å². The fourth-order valence-corrected chi connectivity index (χ4v) is 7.42. The predicted octanol–water partition coefficient (Wildman–Crippen LogP) is 6.71. The van der Waals surface area contributed by atoms with Crippen molar-refractivity contribution < 1.29 is 57.0 Å². The maximum Gasteiger partial charge on any atom is 0.338 e. The molecule has 0 amide bonds. The molecule has 0 unspecified atom stereocenters. The average molecular weight is 817 g/mol. The Hall–Kier alpha value is -5.28. The van der Waals surface area contributed by atoms with Gasteiger partial charge in [-0.15, -0.1) is 0 Å². The zero-order chi connectivity index (χ0) is 41.1. The van der Waals surface area contributed by atoms with Crippen molar-refractivity contribution in [1.82, 2.24) is 0 Å². The van der Waals surface area contributed by atoms with Gasteiger partial charge in [-0.25, -0.2) is 9.59 Å². The number of carbonyl (C=O) groups excluding carboxylic acids is 2. The molecule has 312 valence electrons. The minimum Gasteiger partial charge on any atom is -0.458 e. The van der Waals surface area contributed by atoms with Gasteiger partial charge in [0.05, 0.1) is 37.6 Å². The van der Waals surface area contributed by atoms with E-state index in [1.807, 2.05) is 91.0 Å². The molecule has 10 atom stereocenters. The SMILES string of the molecule is CO[C@@H]1O[C@H](COCc2ccccc2)[C@H](O[C@H]2O[C@@H]([C@@H](COC(=O)c3ccccc3)OC(=O)c3ccccc3)[C@H]3O[C@@H]23)[C@H](OCc2ccccc2)[C@H]1OCc1ccccc1. The molecule has 0 aliphatic carbocycles. The Morgan fingerprint density at radius 2 is 1.07 bits per heavy atom. The topological polar surface area (TPSA) is 130 Å². The summed E-state index contributed by atoms with van der Waals surface area (Å²) >= 11 is 0. The van der Waals surface area contributed by atoms with E-state index in [-0.39, 0.29) is 26.4 Å². The summed E-state index contributed by atoms with van der Waals surface area (Å²) in [5.74, 6) is -1.17. The van der Waals surface area contributed by atoms with Crippen LogP contribution in [-0.2, 0) is 67.2 Å². The van der Waals surface area contributed by atoms with Gasteiger partial charge in [0.1, 0.15) is 49.3 Å². The van der Waals surface area contributed by atoms with Crippen LogP contribution in [0.3, 0.4) is 0 Å². The third kappa shape index (κ3) is 10.5. The van der Waals surface area contributed by atoms with Crippen molar-refractivity contribution in [2.45, 2.75) is 81.2 Å². The van der Waals surface area contributed by atoms with Gasteiger partial charge < -0.3 is 47.4 Å². The van der Waals surface area contributed by atoms with Crippen molar-refractivity contribution in [3.63, 3.8) is 0 Å². The first kappa shape index (κ1) is 41.5. The molecule has 0 N–H and O–H groups in total. The molecule has 0 bridgehead atoms. The van der Waals surface area contributed by atoms with Crippen LogP contribution in [0.15, 0.2) is 152 Å². The molecule has 5 aromatic rings. The molecule has 3 heterocycles. The van der Waals surface area contributed by atoms with Crippen LogP contribution in [0.1, 0.15) is 37.4 Å². The van der Waals surface area contributed by atoms with Gasteiger partial charge in [0.2, 0.25) is 0 Å². The quantitative estimate of drug-likeness (QED) is 0.0650. The van der Waals surface area contributed by atoms with Gasteiger partial charge >= 0.3 is 11.9 Å². The molecule has 3 aliphatic rings. The van der Waals surface area contributed by atoms with Gasteiger partial charge in [0.15, 0.2) is 18.7 Å². The second-order valence-corrected chi connectivity index (χ2v) is 14.7. The lowest BCUT2D eigenvalue weighted by atomic mass is 9.97. The first-order valence-electron chi connectivity index (χ1n) is 20.1. The molecule has 12 nitrogen and oxygen atoms in total. The van der Waals surface area contributed by atoms with Crippen LogP contribution in [0.4, 0.5) is 0 Å². The number of esters is 2. The zero-order valence-electron chi connectivity index (χ0n) is 33.1. The minimum absolute atomic E-state index is 0.119. The standard InChI is InChI=1S/C48H48O12/c1-51-47-43(54-29-34-21-11-4-12-22-34)41(53-28-33-19-9-3-10-20-33)39(37(57-47)30-52-27-32-17-7-2-8-18-32)59-48-44-42(58-44)40(60-48)38(56-46(50)36-25-15-6-16-26-36)31-55-45(49)35-23-13-5-14-24-35/h2-26,37-44,47-48H,27-31H2,1H3/t37-,38-,39+,40+,41+,42-,43-,44-,47-,48+/m1/s1. The van der Waals surface area contributed by atoms with E-state index in [0.717, 1.165) is 16.7 Å². The molecule has 3 saturated heterocycles. The fourth-order valence-electron chi connectivity index (χ4n) is 7.42. The third-order valence-electron chi connectivity index (χ3n) is 10.5. The maximum absolute atomic E-state index is 13.4. The molecule has 8 rings (SSSR count). The Morgan fingerprint density at radius 1 is 0.550 bits per heavy atom. The molecule has 12 heteroatoms. The Balaban J connectivity index is 1.05. The smallest absolute Gasteiger partial charge is 0.338 e. The highest BCUT2D eigenvalue weighted by molar-refractivity contribution is 5.90. The zero-order valence-corrected chi connectivity index (χ0v) is 33.1. The monoisotopic (exact) mass is 816 g/mol. The predicted molar refractivity (Wildman–Crippen MR) is 216 cm³/mol. The number of ether oxygens (including phenoxy) is 10. The van der Waals surface area contributed by atoms with Crippen LogP contribution in [0, 0.1) is 0 Å². The molecule has 0 radical (unpaired) electrons. The summed E-state index contributed by atoms with van der Waals surface area (Å²) in [4.78, 5) is 26.5. The maximum atomic E-state index is 13.4. The van der Waals surface area contributed by atoms with Gasteiger partial charge in [-0.1, -0.05) is 127 Å². The largest absolute Gasteiger partial charge is 0.458 e. The lowest BCUT2D eigenvalue weighted by Gasteiger charge is -2.46. The second-order valence-electron chi connectivity index (χ2n) is 14.7. The number of carbonyl (C=O) groups is 2. The van der Waals surface area contributed by atoms with Crippen LogP contribution in [0.25, 0.3) is 0 Å².